The van der Waals surface area contributed by atoms with E-state index in [1.807, 2.05) is 0 Å². The number of hydrogen-bond donors (Lipinski definition) is 3. The smallest absolute Gasteiger partial charge is 0.305 e. The van der Waals surface area contributed by atoms with Crippen LogP contribution < -0.4 is 5.32 Å². The second-order valence-electron chi connectivity index (χ2n) is 25.6. The van der Waals surface area contributed by atoms with Crippen LogP contribution in [0, 0.1) is 0 Å². The Kier molecular flexibility index (Phi) is 69.4. The Bertz CT molecular complexity index is 1270. The minimum absolute atomic E-state index is 0.0189. The molecule has 0 radical (unpaired) electrons. The first-order valence-electron chi connectivity index (χ1n) is 37.1. The first kappa shape index (κ1) is 79.3. The molecule has 3 N–H and O–H groups in total. The number of unbranched alkanes of at least 4 members (excludes halogenated alkanes) is 55. The van der Waals surface area contributed by atoms with Crippen LogP contribution in [-0.2, 0) is 14.3 Å². The van der Waals surface area contributed by atoms with Gasteiger partial charge in [-0.2, -0.15) is 0 Å². The number of carbonyl (C=O) groups excluding carboxylic acids is 2. The summed E-state index contributed by atoms with van der Waals surface area (Å²) in [7, 11) is 0. The highest BCUT2D eigenvalue weighted by atomic mass is 16.5. The molecular weight excluding hydrogens is 995 g/mol. The van der Waals surface area contributed by atoms with E-state index >= 15 is 0 Å². The molecule has 0 aliphatic heterocycles. The lowest BCUT2D eigenvalue weighted by Gasteiger charge is -2.22. The van der Waals surface area contributed by atoms with Crippen molar-refractivity contribution in [3.63, 3.8) is 0 Å². The van der Waals surface area contributed by atoms with Crippen molar-refractivity contribution in [3.05, 3.63) is 24.3 Å². The van der Waals surface area contributed by atoms with Gasteiger partial charge in [-0.15, -0.1) is 0 Å². The third kappa shape index (κ3) is 67.3. The monoisotopic (exact) mass is 1140 g/mol. The van der Waals surface area contributed by atoms with Gasteiger partial charge in [-0.25, -0.2) is 0 Å². The van der Waals surface area contributed by atoms with Crippen LogP contribution in [0.25, 0.3) is 0 Å². The lowest BCUT2D eigenvalue weighted by atomic mass is 10.0. The number of aliphatic hydroxyl groups excluding tert-OH is 2. The number of ether oxygens (including phenoxy) is 1. The van der Waals surface area contributed by atoms with Crippen molar-refractivity contribution in [2.24, 2.45) is 0 Å². The van der Waals surface area contributed by atoms with Crippen LogP contribution in [0.1, 0.15) is 418 Å². The Hall–Kier alpha value is -1.66. The Morgan fingerprint density at radius 1 is 0.346 bits per heavy atom. The second-order valence-corrected chi connectivity index (χ2v) is 25.6. The summed E-state index contributed by atoms with van der Waals surface area (Å²) in [6.45, 7) is 4.99. The second kappa shape index (κ2) is 70.8. The Labute approximate surface area is 507 Å². The Balaban J connectivity index is 3.35. The average Bonchev–Trinajstić information content (AvgIpc) is 3.47. The van der Waals surface area contributed by atoms with Crippen LogP contribution in [-0.4, -0.2) is 47.4 Å². The number of amides is 1. The number of allylic oxidation sites excluding steroid dienone is 4. The summed E-state index contributed by atoms with van der Waals surface area (Å²) in [5.74, 6) is -0.0114. The molecule has 0 fully saturated rings. The SMILES string of the molecule is CCCCCCCCCCCCCCCCCCCC(=O)OCCCCCCCCCCC/C=C\C/C=C\CCCCCCCCCCCCCCCCCCCC(=O)NC(CO)C(O)CCCCCCCCCCCCCCCC. The predicted octanol–water partition coefficient (Wildman–Crippen LogP) is 24.1. The number of esters is 1. The molecule has 0 aromatic heterocycles. The fourth-order valence-corrected chi connectivity index (χ4v) is 11.9. The van der Waals surface area contributed by atoms with E-state index in [1.54, 1.807) is 0 Å². The Morgan fingerprint density at radius 3 is 0.938 bits per heavy atom. The van der Waals surface area contributed by atoms with Gasteiger partial charge in [0.25, 0.3) is 0 Å². The van der Waals surface area contributed by atoms with E-state index in [2.05, 4.69) is 43.5 Å². The standard InChI is InChI=1S/C75H145NO5/c1-3-5-7-9-11-13-15-17-19-37-41-45-49-53-57-61-65-69-75(80)81-70-66-62-58-54-50-46-42-39-36-34-32-30-28-26-24-22-20-21-23-25-27-29-31-33-35-38-40-44-48-52-56-60-64-68-74(79)76-72(71-77)73(78)67-63-59-55-51-47-43-18-16-14-12-10-8-6-4-2/h24,26,30,32,72-73,77-78H,3-23,25,27-29,31,33-71H2,1-2H3,(H,76,79)/b26-24-,32-30-. The summed E-state index contributed by atoms with van der Waals surface area (Å²) in [5.41, 5.74) is 0. The van der Waals surface area contributed by atoms with Crippen molar-refractivity contribution < 1.29 is 24.5 Å². The molecule has 0 saturated carbocycles. The van der Waals surface area contributed by atoms with E-state index in [9.17, 15) is 19.8 Å². The van der Waals surface area contributed by atoms with E-state index in [4.69, 9.17) is 4.74 Å². The lowest BCUT2D eigenvalue weighted by Crippen LogP contribution is -2.45. The molecule has 6 nitrogen and oxygen atoms in total. The van der Waals surface area contributed by atoms with Gasteiger partial charge in [-0.1, -0.05) is 372 Å². The van der Waals surface area contributed by atoms with E-state index < -0.39 is 12.1 Å². The van der Waals surface area contributed by atoms with E-state index in [0.29, 0.717) is 25.9 Å². The fraction of sp³-hybridized carbons (Fsp3) is 0.920. The lowest BCUT2D eigenvalue weighted by molar-refractivity contribution is -0.143. The van der Waals surface area contributed by atoms with E-state index in [1.165, 1.54) is 340 Å². The van der Waals surface area contributed by atoms with Crippen LogP contribution in [0.15, 0.2) is 24.3 Å². The van der Waals surface area contributed by atoms with Crippen LogP contribution in [0.5, 0.6) is 0 Å². The molecule has 0 bridgehead atoms. The van der Waals surface area contributed by atoms with E-state index in [0.717, 1.165) is 44.9 Å². The molecule has 6 heteroatoms. The van der Waals surface area contributed by atoms with Crippen molar-refractivity contribution in [1.82, 2.24) is 5.32 Å². The van der Waals surface area contributed by atoms with E-state index in [-0.39, 0.29) is 18.5 Å². The zero-order chi connectivity index (χ0) is 58.5. The number of nitrogens with one attached hydrogen (secondary N) is 1. The van der Waals surface area contributed by atoms with Gasteiger partial charge in [0.05, 0.1) is 25.4 Å². The van der Waals surface area contributed by atoms with Crippen molar-refractivity contribution >= 4 is 11.9 Å². The summed E-state index contributed by atoms with van der Waals surface area (Å²) < 4.78 is 5.51. The number of carbonyl (C=O) groups is 2. The molecule has 0 rings (SSSR count). The summed E-state index contributed by atoms with van der Waals surface area (Å²) >= 11 is 0. The number of aliphatic hydroxyl groups is 2. The Morgan fingerprint density at radius 2 is 0.617 bits per heavy atom. The van der Waals surface area contributed by atoms with Gasteiger partial charge in [-0.3, -0.25) is 9.59 Å². The molecule has 0 aliphatic rings. The topological polar surface area (TPSA) is 95.9 Å². The quantitative estimate of drug-likeness (QED) is 0.0320. The highest BCUT2D eigenvalue weighted by Gasteiger charge is 2.20. The molecule has 1 amide bonds. The summed E-state index contributed by atoms with van der Waals surface area (Å²) in [4.78, 5) is 24.6. The van der Waals surface area contributed by atoms with Gasteiger partial charge < -0.3 is 20.3 Å². The maximum atomic E-state index is 12.5. The predicted molar refractivity (Wildman–Crippen MR) is 356 cm³/mol. The highest BCUT2D eigenvalue weighted by molar-refractivity contribution is 5.76. The third-order valence-electron chi connectivity index (χ3n) is 17.5. The maximum Gasteiger partial charge on any atom is 0.305 e. The average molecular weight is 1140 g/mol. The molecule has 0 aromatic carbocycles. The zero-order valence-electron chi connectivity index (χ0n) is 55.0. The molecule has 0 saturated heterocycles. The third-order valence-corrected chi connectivity index (χ3v) is 17.5. The van der Waals surface area contributed by atoms with Gasteiger partial charge in [0.1, 0.15) is 0 Å². The molecule has 2 unspecified atom stereocenters. The van der Waals surface area contributed by atoms with Gasteiger partial charge in [0.15, 0.2) is 0 Å². The molecule has 81 heavy (non-hydrogen) atoms. The number of hydrogen-bond acceptors (Lipinski definition) is 5. The normalized spacial score (nSPS) is 12.6. The minimum Gasteiger partial charge on any atom is -0.466 e. The summed E-state index contributed by atoms with van der Waals surface area (Å²) in [5, 5.41) is 23.3. The highest BCUT2D eigenvalue weighted by Crippen LogP contribution is 2.19. The largest absolute Gasteiger partial charge is 0.466 e. The first-order chi connectivity index (χ1) is 40.0. The van der Waals surface area contributed by atoms with Crippen molar-refractivity contribution in [3.8, 4) is 0 Å². The van der Waals surface area contributed by atoms with Crippen LogP contribution in [0.3, 0.4) is 0 Å². The van der Waals surface area contributed by atoms with Crippen molar-refractivity contribution in [2.75, 3.05) is 13.2 Å². The van der Waals surface area contributed by atoms with Crippen molar-refractivity contribution in [2.45, 2.75) is 431 Å². The molecule has 0 heterocycles. The van der Waals surface area contributed by atoms with Gasteiger partial charge in [0, 0.05) is 12.8 Å². The molecule has 0 aliphatic carbocycles. The first-order valence-corrected chi connectivity index (χ1v) is 37.1. The van der Waals surface area contributed by atoms with Gasteiger partial charge in [0.2, 0.25) is 5.91 Å². The van der Waals surface area contributed by atoms with Crippen LogP contribution in [0.4, 0.5) is 0 Å². The fourth-order valence-electron chi connectivity index (χ4n) is 11.9. The van der Waals surface area contributed by atoms with Crippen molar-refractivity contribution in [1.29, 1.82) is 0 Å². The summed E-state index contributed by atoms with van der Waals surface area (Å²) in [6, 6.07) is -0.539. The molecule has 0 aromatic rings. The molecule has 2 atom stereocenters. The molecule has 0 spiro atoms. The maximum absolute atomic E-state index is 12.5. The van der Waals surface area contributed by atoms with Crippen LogP contribution >= 0.6 is 0 Å². The van der Waals surface area contributed by atoms with Crippen LogP contribution in [0.2, 0.25) is 0 Å². The molecular formula is C75H145NO5. The van der Waals surface area contributed by atoms with Gasteiger partial charge >= 0.3 is 5.97 Å². The van der Waals surface area contributed by atoms with Gasteiger partial charge in [-0.05, 0) is 57.8 Å². The molecule has 480 valence electrons. The minimum atomic E-state index is -0.662. The zero-order valence-corrected chi connectivity index (χ0v) is 55.0. The number of rotatable bonds is 70. The summed E-state index contributed by atoms with van der Waals surface area (Å²) in [6.07, 6.45) is 89.6.